The highest BCUT2D eigenvalue weighted by molar-refractivity contribution is 5.80. The minimum atomic E-state index is -0.204. The van der Waals surface area contributed by atoms with Crippen LogP contribution in [0.4, 0.5) is 4.79 Å². The molecule has 2 fully saturated rings. The van der Waals surface area contributed by atoms with Crippen molar-refractivity contribution >= 4 is 12.1 Å². The van der Waals surface area contributed by atoms with Crippen LogP contribution in [0.15, 0.2) is 29.3 Å². The quantitative estimate of drug-likeness (QED) is 0.529. The maximum atomic E-state index is 11.9. The average Bonchev–Trinajstić information content (AvgIpc) is 3.27. The van der Waals surface area contributed by atoms with Gasteiger partial charge in [-0.15, -0.1) is 0 Å². The summed E-state index contributed by atoms with van der Waals surface area (Å²) in [5.41, 5.74) is 2.59. The molecule has 0 radical (unpaired) electrons. The number of piperidine rings is 1. The minimum absolute atomic E-state index is 0.204. The lowest BCUT2D eigenvalue weighted by atomic mass is 10.1. The zero-order chi connectivity index (χ0) is 21.2. The van der Waals surface area contributed by atoms with Gasteiger partial charge < -0.3 is 20.3 Å². The Hall–Kier alpha value is -2.28. The van der Waals surface area contributed by atoms with E-state index < -0.39 is 0 Å². The highest BCUT2D eigenvalue weighted by atomic mass is 16.6. The van der Waals surface area contributed by atoms with Gasteiger partial charge in [-0.3, -0.25) is 4.90 Å². The van der Waals surface area contributed by atoms with Crippen LogP contribution < -0.4 is 10.6 Å². The number of rotatable bonds is 7. The van der Waals surface area contributed by atoms with Gasteiger partial charge in [0.25, 0.3) is 0 Å². The normalized spacial score (nSPS) is 18.5. The molecular formula is C23H37N5O2. The van der Waals surface area contributed by atoms with E-state index in [2.05, 4.69) is 46.7 Å². The highest BCUT2D eigenvalue weighted by Gasteiger charge is 2.24. The molecule has 166 valence electrons. The van der Waals surface area contributed by atoms with E-state index in [1.165, 1.54) is 37.1 Å². The predicted octanol–water partition coefficient (Wildman–Crippen LogP) is 2.96. The van der Waals surface area contributed by atoms with Crippen LogP contribution in [0.25, 0.3) is 0 Å². The number of carbonyl (C=O) groups is 1. The first-order valence-corrected chi connectivity index (χ1v) is 11.4. The summed E-state index contributed by atoms with van der Waals surface area (Å²) in [7, 11) is 0. The van der Waals surface area contributed by atoms with Crippen molar-refractivity contribution in [2.45, 2.75) is 58.7 Å². The fourth-order valence-corrected chi connectivity index (χ4v) is 4.05. The summed E-state index contributed by atoms with van der Waals surface area (Å²) in [6.07, 6.45) is 4.25. The lowest BCUT2D eigenvalue weighted by Crippen LogP contribution is -2.49. The summed E-state index contributed by atoms with van der Waals surface area (Å²) in [5.74, 6) is 0.841. The summed E-state index contributed by atoms with van der Waals surface area (Å²) < 4.78 is 5.10. The van der Waals surface area contributed by atoms with Crippen molar-refractivity contribution in [1.29, 1.82) is 0 Å². The van der Waals surface area contributed by atoms with Crippen molar-refractivity contribution in [1.82, 2.24) is 20.4 Å². The zero-order valence-corrected chi connectivity index (χ0v) is 18.5. The van der Waals surface area contributed by atoms with Crippen LogP contribution in [0, 0.1) is 0 Å². The number of aliphatic imine (C=N–C) groups is 1. The van der Waals surface area contributed by atoms with Crippen molar-refractivity contribution in [2.24, 2.45) is 4.99 Å². The van der Waals surface area contributed by atoms with E-state index in [1.54, 1.807) is 4.90 Å². The standard InChI is InChI=1S/C23H37N5O2/c1-3-24-22(26-21-11-15-28(16-12-21)23(29)30-4-2)25-17-19-7-9-20(10-8-19)18-27-13-5-6-14-27/h7-10,21H,3-6,11-18H2,1-2H3,(H2,24,25,26). The Kier molecular flexibility index (Phi) is 8.81. The van der Waals surface area contributed by atoms with Crippen LogP contribution in [0.2, 0.25) is 0 Å². The van der Waals surface area contributed by atoms with Gasteiger partial charge in [0.15, 0.2) is 5.96 Å². The number of guanidine groups is 1. The van der Waals surface area contributed by atoms with Crippen molar-refractivity contribution in [3.05, 3.63) is 35.4 Å². The monoisotopic (exact) mass is 415 g/mol. The molecule has 3 rings (SSSR count). The summed E-state index contributed by atoms with van der Waals surface area (Å²) in [6, 6.07) is 9.16. The molecule has 2 N–H and O–H groups in total. The van der Waals surface area contributed by atoms with Gasteiger partial charge in [0.2, 0.25) is 0 Å². The molecule has 0 atom stereocenters. The highest BCUT2D eigenvalue weighted by Crippen LogP contribution is 2.14. The number of nitrogens with zero attached hydrogens (tertiary/aromatic N) is 3. The Morgan fingerprint density at radius 1 is 1.07 bits per heavy atom. The summed E-state index contributed by atoms with van der Waals surface area (Å²) in [4.78, 5) is 20.9. The van der Waals surface area contributed by atoms with Gasteiger partial charge >= 0.3 is 6.09 Å². The molecule has 0 aromatic heterocycles. The number of benzene rings is 1. The van der Waals surface area contributed by atoms with Gasteiger partial charge in [-0.1, -0.05) is 24.3 Å². The van der Waals surface area contributed by atoms with E-state index >= 15 is 0 Å². The second-order valence-corrected chi connectivity index (χ2v) is 8.10. The first-order valence-electron chi connectivity index (χ1n) is 11.4. The number of amides is 1. The van der Waals surface area contributed by atoms with Crippen molar-refractivity contribution in [3.8, 4) is 0 Å². The molecular weight excluding hydrogens is 378 g/mol. The van der Waals surface area contributed by atoms with Gasteiger partial charge in [-0.2, -0.15) is 0 Å². The SMILES string of the molecule is CCNC(=NCc1ccc(CN2CCCC2)cc1)NC1CCN(C(=O)OCC)CC1. The van der Waals surface area contributed by atoms with E-state index in [1.807, 2.05) is 6.92 Å². The molecule has 0 spiro atoms. The average molecular weight is 416 g/mol. The van der Waals surface area contributed by atoms with Crippen molar-refractivity contribution in [2.75, 3.05) is 39.3 Å². The van der Waals surface area contributed by atoms with E-state index in [-0.39, 0.29) is 6.09 Å². The van der Waals surface area contributed by atoms with E-state index in [0.29, 0.717) is 32.3 Å². The van der Waals surface area contributed by atoms with Crippen LogP contribution in [0.5, 0.6) is 0 Å². The summed E-state index contributed by atoms with van der Waals surface area (Å²) in [5, 5.41) is 6.87. The summed E-state index contributed by atoms with van der Waals surface area (Å²) in [6.45, 7) is 10.8. The molecule has 2 saturated heterocycles. The molecule has 1 amide bonds. The van der Waals surface area contributed by atoms with Crippen LogP contribution >= 0.6 is 0 Å². The molecule has 0 aliphatic carbocycles. The molecule has 7 nitrogen and oxygen atoms in total. The molecule has 2 heterocycles. The van der Waals surface area contributed by atoms with Crippen LogP contribution in [0.1, 0.15) is 50.7 Å². The Morgan fingerprint density at radius 3 is 2.37 bits per heavy atom. The number of hydrogen-bond acceptors (Lipinski definition) is 4. The van der Waals surface area contributed by atoms with Crippen molar-refractivity contribution < 1.29 is 9.53 Å². The van der Waals surface area contributed by atoms with Gasteiger partial charge in [0.05, 0.1) is 13.2 Å². The first-order chi connectivity index (χ1) is 14.7. The third kappa shape index (κ3) is 6.90. The fraction of sp³-hybridized carbons (Fsp3) is 0.652. The molecule has 0 bridgehead atoms. The zero-order valence-electron chi connectivity index (χ0n) is 18.5. The van der Waals surface area contributed by atoms with E-state index in [0.717, 1.165) is 31.9 Å². The Morgan fingerprint density at radius 2 is 1.73 bits per heavy atom. The molecule has 1 aromatic rings. The number of hydrogen-bond donors (Lipinski definition) is 2. The molecule has 1 aromatic carbocycles. The number of likely N-dealkylation sites (tertiary alicyclic amines) is 2. The third-order valence-electron chi connectivity index (χ3n) is 5.75. The Bertz CT molecular complexity index is 677. The van der Waals surface area contributed by atoms with E-state index in [4.69, 9.17) is 9.73 Å². The smallest absolute Gasteiger partial charge is 0.409 e. The van der Waals surface area contributed by atoms with Gasteiger partial charge in [0.1, 0.15) is 0 Å². The summed E-state index contributed by atoms with van der Waals surface area (Å²) >= 11 is 0. The predicted molar refractivity (Wildman–Crippen MR) is 121 cm³/mol. The topological polar surface area (TPSA) is 69.2 Å². The lowest BCUT2D eigenvalue weighted by Gasteiger charge is -2.32. The minimum Gasteiger partial charge on any atom is -0.450 e. The van der Waals surface area contributed by atoms with Gasteiger partial charge in [-0.25, -0.2) is 9.79 Å². The molecule has 0 saturated carbocycles. The first kappa shape index (κ1) is 22.4. The fourth-order valence-electron chi connectivity index (χ4n) is 4.05. The largest absolute Gasteiger partial charge is 0.450 e. The van der Waals surface area contributed by atoms with Crippen LogP contribution in [-0.4, -0.2) is 67.2 Å². The Labute approximate surface area is 180 Å². The maximum absolute atomic E-state index is 11.9. The number of ether oxygens (including phenoxy) is 1. The van der Waals surface area contributed by atoms with E-state index in [9.17, 15) is 4.79 Å². The maximum Gasteiger partial charge on any atom is 0.409 e. The molecule has 2 aliphatic heterocycles. The van der Waals surface area contributed by atoms with Crippen LogP contribution in [-0.2, 0) is 17.8 Å². The van der Waals surface area contributed by atoms with Gasteiger partial charge in [0, 0.05) is 32.2 Å². The lowest BCUT2D eigenvalue weighted by molar-refractivity contribution is 0.0963. The van der Waals surface area contributed by atoms with Crippen molar-refractivity contribution in [3.63, 3.8) is 0 Å². The number of nitrogens with one attached hydrogen (secondary N) is 2. The molecule has 30 heavy (non-hydrogen) atoms. The van der Waals surface area contributed by atoms with Gasteiger partial charge in [-0.05, 0) is 63.7 Å². The second kappa shape index (κ2) is 11.8. The second-order valence-electron chi connectivity index (χ2n) is 8.10. The molecule has 2 aliphatic rings. The Balaban J connectivity index is 1.47. The molecule has 0 unspecified atom stereocenters. The number of carbonyl (C=O) groups excluding carboxylic acids is 1. The molecule has 7 heteroatoms. The van der Waals surface area contributed by atoms with Crippen LogP contribution in [0.3, 0.4) is 0 Å². The third-order valence-corrected chi connectivity index (χ3v) is 5.75.